The summed E-state index contributed by atoms with van der Waals surface area (Å²) in [7, 11) is 0. The Bertz CT molecular complexity index is 872. The average molecular weight is 402 g/mol. The van der Waals surface area contributed by atoms with E-state index in [1.54, 1.807) is 18.2 Å². The first-order valence-electron chi connectivity index (χ1n) is 9.46. The molecule has 3 rings (SSSR count). The van der Waals surface area contributed by atoms with Gasteiger partial charge in [0.2, 0.25) is 5.91 Å². The molecule has 0 radical (unpaired) electrons. The third-order valence-corrected chi connectivity index (χ3v) is 5.37. The predicted molar refractivity (Wildman–Crippen MR) is 110 cm³/mol. The van der Waals surface area contributed by atoms with E-state index in [4.69, 9.17) is 16.7 Å². The normalized spacial score (nSPS) is 16.6. The van der Waals surface area contributed by atoms with Crippen molar-refractivity contribution in [3.63, 3.8) is 0 Å². The van der Waals surface area contributed by atoms with Gasteiger partial charge in [-0.25, -0.2) is 0 Å². The molecule has 28 heavy (non-hydrogen) atoms. The number of hydrogen-bond donors (Lipinski definition) is 2. The number of nitrogens with one attached hydrogen (secondary N) is 1. The van der Waals surface area contributed by atoms with E-state index in [9.17, 15) is 9.59 Å². The monoisotopic (exact) mass is 401 g/mol. The maximum Gasteiger partial charge on any atom is 0.307 e. The summed E-state index contributed by atoms with van der Waals surface area (Å²) in [5.41, 5.74) is 3.28. The highest BCUT2D eigenvalue weighted by Gasteiger charge is 2.26. The molecular weight excluding hydrogens is 378 g/mol. The number of rotatable bonds is 6. The number of hydrogen-bond acceptors (Lipinski definition) is 4. The molecule has 1 aliphatic heterocycles. The van der Waals surface area contributed by atoms with Gasteiger partial charge in [0, 0.05) is 30.0 Å². The van der Waals surface area contributed by atoms with E-state index in [2.05, 4.69) is 28.2 Å². The Balaban J connectivity index is 1.68. The second-order valence-electron chi connectivity index (χ2n) is 7.06. The standard InChI is InChI=1S/C21H24ClN3O3/c1-2-14-8-18(12-23-11-14)25-7-3-4-15(13-25)21(28)24-17-5-6-19(22)16(9-17)10-20(26)27/h5-6,8-9,11-12,15H,2-4,7,10,13H2,1H3,(H,24,28)(H,26,27)/t15-/m0/s1. The fraction of sp³-hybridized carbons (Fsp3) is 0.381. The van der Waals surface area contributed by atoms with Gasteiger partial charge in [0.15, 0.2) is 0 Å². The second kappa shape index (κ2) is 9.06. The van der Waals surface area contributed by atoms with E-state index in [0.717, 1.165) is 31.5 Å². The largest absolute Gasteiger partial charge is 0.481 e. The summed E-state index contributed by atoms with van der Waals surface area (Å²) < 4.78 is 0. The maximum atomic E-state index is 12.8. The van der Waals surface area contributed by atoms with Gasteiger partial charge < -0.3 is 15.3 Å². The number of carbonyl (C=O) groups is 2. The Labute approximate surface area is 169 Å². The number of amides is 1. The highest BCUT2D eigenvalue weighted by molar-refractivity contribution is 6.31. The molecule has 0 bridgehead atoms. The Morgan fingerprint density at radius 3 is 2.89 bits per heavy atom. The molecule has 7 heteroatoms. The summed E-state index contributed by atoms with van der Waals surface area (Å²) in [4.78, 5) is 30.3. The molecule has 2 N–H and O–H groups in total. The highest BCUT2D eigenvalue weighted by atomic mass is 35.5. The SMILES string of the molecule is CCc1cncc(N2CCC[C@H](C(=O)Nc3ccc(Cl)c(CC(=O)O)c3)C2)c1. The number of nitrogens with zero attached hydrogens (tertiary/aromatic N) is 2. The molecule has 0 aliphatic carbocycles. The van der Waals surface area contributed by atoms with Crippen molar-refractivity contribution in [1.82, 2.24) is 4.98 Å². The minimum absolute atomic E-state index is 0.0621. The zero-order chi connectivity index (χ0) is 20.1. The van der Waals surface area contributed by atoms with Crippen LogP contribution in [0.5, 0.6) is 0 Å². The first-order chi connectivity index (χ1) is 13.5. The minimum atomic E-state index is -0.962. The Kier molecular flexibility index (Phi) is 6.52. The van der Waals surface area contributed by atoms with Crippen LogP contribution in [0.2, 0.25) is 5.02 Å². The van der Waals surface area contributed by atoms with Crippen LogP contribution in [0.4, 0.5) is 11.4 Å². The summed E-state index contributed by atoms with van der Waals surface area (Å²) in [5, 5.41) is 12.3. The van der Waals surface area contributed by atoms with Gasteiger partial charge in [0.1, 0.15) is 0 Å². The molecule has 1 aliphatic rings. The fourth-order valence-corrected chi connectivity index (χ4v) is 3.65. The molecular formula is C21H24ClN3O3. The van der Waals surface area contributed by atoms with Crippen molar-refractivity contribution in [3.8, 4) is 0 Å². The lowest BCUT2D eigenvalue weighted by atomic mass is 9.96. The number of aromatic nitrogens is 1. The molecule has 148 valence electrons. The predicted octanol–water partition coefficient (Wildman–Crippen LogP) is 3.78. The van der Waals surface area contributed by atoms with Crippen molar-refractivity contribution in [2.75, 3.05) is 23.3 Å². The van der Waals surface area contributed by atoms with Crippen molar-refractivity contribution >= 4 is 34.9 Å². The molecule has 1 saturated heterocycles. The zero-order valence-electron chi connectivity index (χ0n) is 15.8. The average Bonchev–Trinajstić information content (AvgIpc) is 2.70. The number of aryl methyl sites for hydroxylation is 1. The van der Waals surface area contributed by atoms with Gasteiger partial charge in [-0.05, 0) is 54.7 Å². The van der Waals surface area contributed by atoms with Crippen LogP contribution >= 0.6 is 11.6 Å². The van der Waals surface area contributed by atoms with Gasteiger partial charge in [-0.1, -0.05) is 18.5 Å². The summed E-state index contributed by atoms with van der Waals surface area (Å²) >= 11 is 6.05. The van der Waals surface area contributed by atoms with Crippen LogP contribution in [0.1, 0.15) is 30.9 Å². The Morgan fingerprint density at radius 1 is 1.32 bits per heavy atom. The van der Waals surface area contributed by atoms with Crippen molar-refractivity contribution in [2.24, 2.45) is 5.92 Å². The van der Waals surface area contributed by atoms with Gasteiger partial charge in [-0.15, -0.1) is 0 Å². The third kappa shape index (κ3) is 5.01. The molecule has 0 unspecified atom stereocenters. The summed E-state index contributed by atoms with van der Waals surface area (Å²) in [6.07, 6.45) is 6.20. The quantitative estimate of drug-likeness (QED) is 0.769. The molecule has 1 fully saturated rings. The zero-order valence-corrected chi connectivity index (χ0v) is 16.6. The summed E-state index contributed by atoms with van der Waals surface area (Å²) in [6.45, 7) is 3.64. The number of aliphatic carboxylic acids is 1. The minimum Gasteiger partial charge on any atom is -0.481 e. The topological polar surface area (TPSA) is 82.5 Å². The second-order valence-corrected chi connectivity index (χ2v) is 7.46. The number of piperidine rings is 1. The van der Waals surface area contributed by atoms with Crippen LogP contribution in [-0.2, 0) is 22.4 Å². The number of halogens is 1. The van der Waals surface area contributed by atoms with Crippen LogP contribution in [0.15, 0.2) is 36.7 Å². The number of carboxylic acid groups (broad SMARTS) is 1. The lowest BCUT2D eigenvalue weighted by Crippen LogP contribution is -2.40. The van der Waals surface area contributed by atoms with E-state index >= 15 is 0 Å². The number of benzene rings is 1. The van der Waals surface area contributed by atoms with E-state index in [1.807, 2.05) is 12.4 Å². The number of carboxylic acids is 1. The molecule has 2 aromatic rings. The molecule has 0 spiro atoms. The van der Waals surface area contributed by atoms with Crippen LogP contribution in [0.3, 0.4) is 0 Å². The molecule has 2 heterocycles. The molecule has 1 aromatic carbocycles. The lowest BCUT2D eigenvalue weighted by Gasteiger charge is -2.33. The maximum absolute atomic E-state index is 12.8. The van der Waals surface area contributed by atoms with Gasteiger partial charge in [-0.3, -0.25) is 14.6 Å². The first-order valence-corrected chi connectivity index (χ1v) is 9.84. The summed E-state index contributed by atoms with van der Waals surface area (Å²) in [6, 6.07) is 7.07. The van der Waals surface area contributed by atoms with Gasteiger partial charge in [-0.2, -0.15) is 0 Å². The van der Waals surface area contributed by atoms with Crippen LogP contribution in [-0.4, -0.2) is 35.1 Å². The third-order valence-electron chi connectivity index (χ3n) is 5.00. The summed E-state index contributed by atoms with van der Waals surface area (Å²) in [5.74, 6) is -1.17. The van der Waals surface area contributed by atoms with E-state index in [-0.39, 0.29) is 18.2 Å². The van der Waals surface area contributed by atoms with E-state index < -0.39 is 5.97 Å². The van der Waals surface area contributed by atoms with Gasteiger partial charge in [0.05, 0.1) is 24.2 Å². The highest BCUT2D eigenvalue weighted by Crippen LogP contribution is 2.26. The molecule has 6 nitrogen and oxygen atoms in total. The Hall–Kier alpha value is -2.60. The van der Waals surface area contributed by atoms with Gasteiger partial charge in [0.25, 0.3) is 0 Å². The van der Waals surface area contributed by atoms with E-state index in [0.29, 0.717) is 22.8 Å². The van der Waals surface area contributed by atoms with Crippen molar-refractivity contribution in [3.05, 3.63) is 52.8 Å². The lowest BCUT2D eigenvalue weighted by molar-refractivity contribution is -0.136. The number of pyridine rings is 1. The van der Waals surface area contributed by atoms with Crippen LogP contribution in [0.25, 0.3) is 0 Å². The molecule has 1 atom stereocenters. The first kappa shape index (κ1) is 20.1. The van der Waals surface area contributed by atoms with Crippen LogP contribution < -0.4 is 10.2 Å². The molecule has 1 aromatic heterocycles. The van der Waals surface area contributed by atoms with Crippen molar-refractivity contribution in [2.45, 2.75) is 32.6 Å². The van der Waals surface area contributed by atoms with Crippen molar-refractivity contribution < 1.29 is 14.7 Å². The smallest absolute Gasteiger partial charge is 0.307 e. The molecule has 0 saturated carbocycles. The fourth-order valence-electron chi connectivity index (χ4n) is 3.46. The Morgan fingerprint density at radius 2 is 2.14 bits per heavy atom. The van der Waals surface area contributed by atoms with Crippen molar-refractivity contribution in [1.29, 1.82) is 0 Å². The number of carbonyl (C=O) groups excluding carboxylic acids is 1. The van der Waals surface area contributed by atoms with Gasteiger partial charge >= 0.3 is 5.97 Å². The van der Waals surface area contributed by atoms with E-state index in [1.165, 1.54) is 5.56 Å². The van der Waals surface area contributed by atoms with Crippen LogP contribution in [0, 0.1) is 5.92 Å². The molecule has 1 amide bonds. The number of anilines is 2.